The largest absolute Gasteiger partial charge is 0.458 e. The Morgan fingerprint density at radius 2 is 2.44 bits per heavy atom. The molecule has 1 saturated carbocycles. The molecule has 88 valence electrons. The molecule has 16 heavy (non-hydrogen) atoms. The summed E-state index contributed by atoms with van der Waals surface area (Å²) in [7, 11) is 0. The summed E-state index contributed by atoms with van der Waals surface area (Å²) in [5.74, 6) is 0.0963. The van der Waals surface area contributed by atoms with Crippen LogP contribution in [0.4, 0.5) is 0 Å². The second-order valence-corrected chi connectivity index (χ2v) is 4.24. The first kappa shape index (κ1) is 11.1. The van der Waals surface area contributed by atoms with Gasteiger partial charge in [0.1, 0.15) is 6.26 Å². The quantitative estimate of drug-likeness (QED) is 0.768. The first-order chi connectivity index (χ1) is 7.65. The van der Waals surface area contributed by atoms with Crippen LogP contribution in [0.25, 0.3) is 0 Å². The van der Waals surface area contributed by atoms with Gasteiger partial charge in [-0.15, -0.1) is 0 Å². The van der Waals surface area contributed by atoms with Crippen molar-refractivity contribution in [3.05, 3.63) is 17.8 Å². The molecule has 0 aliphatic heterocycles. The van der Waals surface area contributed by atoms with Gasteiger partial charge in [0.2, 0.25) is 5.89 Å². The number of carbonyl (C=O) groups is 1. The fraction of sp³-hybridized carbons (Fsp3) is 0.636. The maximum atomic E-state index is 11.5. The number of rotatable bonds is 5. The molecule has 0 unspecified atom stereocenters. The Hall–Kier alpha value is -1.36. The van der Waals surface area contributed by atoms with Crippen LogP contribution in [0.3, 0.4) is 0 Å². The summed E-state index contributed by atoms with van der Waals surface area (Å²) in [6.45, 7) is 4.17. The van der Waals surface area contributed by atoms with Gasteiger partial charge in [0.25, 0.3) is 0 Å². The highest BCUT2D eigenvalue weighted by Crippen LogP contribution is 2.19. The Morgan fingerprint density at radius 3 is 3.06 bits per heavy atom. The molecule has 1 aromatic rings. The van der Waals surface area contributed by atoms with Crippen molar-refractivity contribution in [1.29, 1.82) is 0 Å². The van der Waals surface area contributed by atoms with Crippen molar-refractivity contribution in [3.8, 4) is 0 Å². The third-order valence-corrected chi connectivity index (χ3v) is 2.22. The molecule has 0 bridgehead atoms. The lowest BCUT2D eigenvalue weighted by Crippen LogP contribution is -2.16. The van der Waals surface area contributed by atoms with Gasteiger partial charge in [-0.1, -0.05) is 0 Å². The van der Waals surface area contributed by atoms with E-state index >= 15 is 0 Å². The summed E-state index contributed by atoms with van der Waals surface area (Å²) < 4.78 is 10.2. The van der Waals surface area contributed by atoms with Gasteiger partial charge in [-0.25, -0.2) is 9.78 Å². The van der Waals surface area contributed by atoms with E-state index < -0.39 is 5.97 Å². The van der Waals surface area contributed by atoms with E-state index in [-0.39, 0.29) is 11.8 Å². The van der Waals surface area contributed by atoms with Crippen LogP contribution < -0.4 is 5.32 Å². The van der Waals surface area contributed by atoms with Gasteiger partial charge in [0.05, 0.1) is 12.6 Å². The fourth-order valence-corrected chi connectivity index (χ4v) is 1.28. The number of esters is 1. The predicted molar refractivity (Wildman–Crippen MR) is 56.9 cm³/mol. The number of ether oxygens (including phenoxy) is 1. The smallest absolute Gasteiger partial charge is 0.360 e. The van der Waals surface area contributed by atoms with Gasteiger partial charge in [-0.2, -0.15) is 0 Å². The van der Waals surface area contributed by atoms with Gasteiger partial charge in [-0.05, 0) is 26.7 Å². The minimum atomic E-state index is -0.434. The summed E-state index contributed by atoms with van der Waals surface area (Å²) in [5.41, 5.74) is 0.237. The van der Waals surface area contributed by atoms with Crippen molar-refractivity contribution in [2.75, 3.05) is 0 Å². The molecule has 1 aromatic heterocycles. The average Bonchev–Trinajstić information content (AvgIpc) is 2.92. The second kappa shape index (κ2) is 4.65. The number of carbonyl (C=O) groups excluding carboxylic acids is 1. The van der Waals surface area contributed by atoms with E-state index in [1.165, 1.54) is 19.1 Å². The van der Waals surface area contributed by atoms with Crippen molar-refractivity contribution >= 4 is 5.97 Å². The third kappa shape index (κ3) is 3.06. The summed E-state index contributed by atoms with van der Waals surface area (Å²) in [6, 6.07) is 0.595. The highest BCUT2D eigenvalue weighted by molar-refractivity contribution is 5.86. The number of aromatic nitrogens is 1. The Bertz CT molecular complexity index is 369. The lowest BCUT2D eigenvalue weighted by molar-refractivity contribution is 0.0371. The van der Waals surface area contributed by atoms with Gasteiger partial charge in [0.15, 0.2) is 5.69 Å². The van der Waals surface area contributed by atoms with E-state index in [0.29, 0.717) is 18.5 Å². The molecular weight excluding hydrogens is 208 g/mol. The van der Waals surface area contributed by atoms with Crippen molar-refractivity contribution in [2.24, 2.45) is 0 Å². The van der Waals surface area contributed by atoms with E-state index in [4.69, 9.17) is 9.15 Å². The number of hydrogen-bond donors (Lipinski definition) is 1. The Kier molecular flexibility index (Phi) is 3.24. The summed E-state index contributed by atoms with van der Waals surface area (Å²) in [6.07, 6.45) is 3.62. The first-order valence-corrected chi connectivity index (χ1v) is 5.54. The number of oxazole rings is 1. The minimum Gasteiger partial charge on any atom is -0.458 e. The van der Waals surface area contributed by atoms with E-state index in [2.05, 4.69) is 10.3 Å². The third-order valence-electron chi connectivity index (χ3n) is 2.22. The van der Waals surface area contributed by atoms with Crippen molar-refractivity contribution in [3.63, 3.8) is 0 Å². The van der Waals surface area contributed by atoms with E-state index in [1.807, 2.05) is 0 Å². The first-order valence-electron chi connectivity index (χ1n) is 5.54. The van der Waals surface area contributed by atoms with E-state index in [9.17, 15) is 4.79 Å². The van der Waals surface area contributed by atoms with Crippen LogP contribution in [0.15, 0.2) is 10.7 Å². The molecule has 1 aliphatic rings. The molecule has 0 spiro atoms. The zero-order valence-electron chi connectivity index (χ0n) is 9.53. The molecule has 0 saturated heterocycles. The van der Waals surface area contributed by atoms with Gasteiger partial charge < -0.3 is 14.5 Å². The molecule has 2 rings (SSSR count). The van der Waals surface area contributed by atoms with E-state index in [1.54, 1.807) is 13.8 Å². The molecule has 1 aliphatic carbocycles. The molecule has 1 heterocycles. The topological polar surface area (TPSA) is 64.4 Å². The summed E-state index contributed by atoms with van der Waals surface area (Å²) >= 11 is 0. The average molecular weight is 224 g/mol. The standard InChI is InChI=1S/C11H16N2O3/c1-7(2)16-11(14)9-6-15-10(13-9)5-12-8-3-4-8/h6-8,12H,3-5H2,1-2H3. The molecule has 5 nitrogen and oxygen atoms in total. The lowest BCUT2D eigenvalue weighted by atomic mass is 10.4. The van der Waals surface area contributed by atoms with E-state index in [0.717, 1.165) is 0 Å². The number of nitrogens with zero attached hydrogens (tertiary/aromatic N) is 1. The Balaban J connectivity index is 1.87. The molecule has 1 fully saturated rings. The number of nitrogens with one attached hydrogen (secondary N) is 1. The zero-order chi connectivity index (χ0) is 11.5. The second-order valence-electron chi connectivity index (χ2n) is 4.24. The Labute approximate surface area is 94.2 Å². The maximum absolute atomic E-state index is 11.5. The van der Waals surface area contributed by atoms with Crippen LogP contribution in [0.2, 0.25) is 0 Å². The van der Waals surface area contributed by atoms with Crippen LogP contribution >= 0.6 is 0 Å². The number of hydrogen-bond acceptors (Lipinski definition) is 5. The van der Waals surface area contributed by atoms with Crippen LogP contribution in [-0.2, 0) is 11.3 Å². The normalized spacial score (nSPS) is 15.4. The van der Waals surface area contributed by atoms with Crippen molar-refractivity contribution in [1.82, 2.24) is 10.3 Å². The lowest BCUT2D eigenvalue weighted by Gasteiger charge is -2.04. The van der Waals surface area contributed by atoms with Crippen LogP contribution in [-0.4, -0.2) is 23.1 Å². The van der Waals surface area contributed by atoms with Crippen molar-refractivity contribution in [2.45, 2.75) is 45.4 Å². The monoisotopic (exact) mass is 224 g/mol. The molecule has 0 amide bonds. The molecule has 1 N–H and O–H groups in total. The van der Waals surface area contributed by atoms with Gasteiger partial charge in [0, 0.05) is 6.04 Å². The molecule has 5 heteroatoms. The highest BCUT2D eigenvalue weighted by atomic mass is 16.5. The Morgan fingerprint density at radius 1 is 1.69 bits per heavy atom. The predicted octanol–water partition coefficient (Wildman–Crippen LogP) is 1.49. The fourth-order valence-electron chi connectivity index (χ4n) is 1.28. The molecule has 0 aromatic carbocycles. The van der Waals surface area contributed by atoms with Crippen LogP contribution in [0, 0.1) is 0 Å². The minimum absolute atomic E-state index is 0.141. The molecule has 0 atom stereocenters. The maximum Gasteiger partial charge on any atom is 0.360 e. The zero-order valence-corrected chi connectivity index (χ0v) is 9.53. The molecular formula is C11H16N2O3. The summed E-state index contributed by atoms with van der Waals surface area (Å²) in [4.78, 5) is 15.5. The SMILES string of the molecule is CC(C)OC(=O)c1coc(CNC2CC2)n1. The summed E-state index contributed by atoms with van der Waals surface area (Å²) in [5, 5.41) is 3.26. The molecule has 0 radical (unpaired) electrons. The highest BCUT2D eigenvalue weighted by Gasteiger charge is 2.21. The van der Waals surface area contributed by atoms with Crippen LogP contribution in [0.1, 0.15) is 43.1 Å². The van der Waals surface area contributed by atoms with Crippen LogP contribution in [0.5, 0.6) is 0 Å². The van der Waals surface area contributed by atoms with Crippen molar-refractivity contribution < 1.29 is 13.9 Å². The van der Waals surface area contributed by atoms with Gasteiger partial charge in [-0.3, -0.25) is 0 Å². The van der Waals surface area contributed by atoms with Gasteiger partial charge >= 0.3 is 5.97 Å².